The summed E-state index contributed by atoms with van der Waals surface area (Å²) in [6, 6.07) is 10.2. The molecule has 0 spiro atoms. The Morgan fingerprint density at radius 2 is 1.80 bits per heavy atom. The SMILES string of the molecule is COC(C)CC(C)C(Cl)c1ccccc1. The third-order valence-corrected chi connectivity index (χ3v) is 3.41. The van der Waals surface area contributed by atoms with E-state index in [-0.39, 0.29) is 11.5 Å². The van der Waals surface area contributed by atoms with E-state index in [9.17, 15) is 0 Å². The molecule has 0 bridgehead atoms. The van der Waals surface area contributed by atoms with Gasteiger partial charge in [-0.25, -0.2) is 0 Å². The van der Waals surface area contributed by atoms with Gasteiger partial charge in [0.1, 0.15) is 0 Å². The summed E-state index contributed by atoms with van der Waals surface area (Å²) < 4.78 is 5.25. The Balaban J connectivity index is 2.57. The number of benzene rings is 1. The molecule has 0 fully saturated rings. The number of hydrogen-bond acceptors (Lipinski definition) is 1. The van der Waals surface area contributed by atoms with Gasteiger partial charge in [-0.05, 0) is 24.8 Å². The number of halogens is 1. The molecule has 0 aliphatic carbocycles. The molecule has 0 amide bonds. The fourth-order valence-electron chi connectivity index (χ4n) is 1.70. The molecule has 84 valence electrons. The molecule has 1 aromatic rings. The van der Waals surface area contributed by atoms with Crippen molar-refractivity contribution in [3.8, 4) is 0 Å². The van der Waals surface area contributed by atoms with Crippen molar-refractivity contribution in [3.63, 3.8) is 0 Å². The molecule has 3 unspecified atom stereocenters. The van der Waals surface area contributed by atoms with Gasteiger partial charge in [-0.3, -0.25) is 0 Å². The first-order chi connectivity index (χ1) is 7.15. The predicted molar refractivity (Wildman–Crippen MR) is 65.3 cm³/mol. The summed E-state index contributed by atoms with van der Waals surface area (Å²) in [6.45, 7) is 4.24. The van der Waals surface area contributed by atoms with Crippen LogP contribution in [-0.2, 0) is 4.74 Å². The van der Waals surface area contributed by atoms with Gasteiger partial charge < -0.3 is 4.74 Å². The summed E-state index contributed by atoms with van der Waals surface area (Å²) in [5.41, 5.74) is 1.19. The molecule has 1 rings (SSSR count). The van der Waals surface area contributed by atoms with Gasteiger partial charge in [0.25, 0.3) is 0 Å². The summed E-state index contributed by atoms with van der Waals surface area (Å²) in [6.07, 6.45) is 1.25. The van der Waals surface area contributed by atoms with Crippen molar-refractivity contribution in [2.75, 3.05) is 7.11 Å². The third kappa shape index (κ3) is 3.84. The Morgan fingerprint density at radius 3 is 2.33 bits per heavy atom. The van der Waals surface area contributed by atoms with Crippen LogP contribution in [0.3, 0.4) is 0 Å². The minimum absolute atomic E-state index is 0.0730. The van der Waals surface area contributed by atoms with E-state index in [0.717, 1.165) is 6.42 Å². The van der Waals surface area contributed by atoms with Crippen molar-refractivity contribution >= 4 is 11.6 Å². The van der Waals surface area contributed by atoms with Crippen molar-refractivity contribution in [3.05, 3.63) is 35.9 Å². The Kier molecular flexibility index (Phi) is 5.13. The maximum atomic E-state index is 6.40. The molecular formula is C13H19ClO. The molecular weight excluding hydrogens is 208 g/mol. The second-order valence-corrected chi connectivity index (χ2v) is 4.54. The van der Waals surface area contributed by atoms with Crippen molar-refractivity contribution < 1.29 is 4.74 Å². The monoisotopic (exact) mass is 226 g/mol. The van der Waals surface area contributed by atoms with Crippen molar-refractivity contribution in [2.45, 2.75) is 31.7 Å². The number of hydrogen-bond donors (Lipinski definition) is 0. The average Bonchev–Trinajstić information content (AvgIpc) is 2.29. The fraction of sp³-hybridized carbons (Fsp3) is 0.538. The fourth-order valence-corrected chi connectivity index (χ4v) is 1.95. The van der Waals surface area contributed by atoms with Crippen molar-refractivity contribution in [2.24, 2.45) is 5.92 Å². The van der Waals surface area contributed by atoms with E-state index in [1.54, 1.807) is 7.11 Å². The van der Waals surface area contributed by atoms with E-state index in [1.165, 1.54) is 5.56 Å². The third-order valence-electron chi connectivity index (χ3n) is 2.72. The highest BCUT2D eigenvalue weighted by Gasteiger charge is 2.18. The smallest absolute Gasteiger partial charge is 0.0611 e. The van der Waals surface area contributed by atoms with Crippen LogP contribution in [0, 0.1) is 5.92 Å². The first-order valence-electron chi connectivity index (χ1n) is 5.37. The zero-order valence-corrected chi connectivity index (χ0v) is 10.4. The average molecular weight is 227 g/mol. The van der Waals surface area contributed by atoms with Crippen molar-refractivity contribution in [1.82, 2.24) is 0 Å². The molecule has 1 nitrogen and oxygen atoms in total. The molecule has 0 saturated carbocycles. The highest BCUT2D eigenvalue weighted by Crippen LogP contribution is 2.31. The number of methoxy groups -OCH3 is 1. The minimum atomic E-state index is 0.0730. The van der Waals surface area contributed by atoms with E-state index in [2.05, 4.69) is 26.0 Å². The van der Waals surface area contributed by atoms with Gasteiger partial charge in [-0.2, -0.15) is 0 Å². The van der Waals surface area contributed by atoms with Gasteiger partial charge >= 0.3 is 0 Å². The van der Waals surface area contributed by atoms with E-state index >= 15 is 0 Å². The van der Waals surface area contributed by atoms with E-state index in [4.69, 9.17) is 16.3 Å². The maximum Gasteiger partial charge on any atom is 0.0611 e. The van der Waals surface area contributed by atoms with Crippen LogP contribution < -0.4 is 0 Å². The molecule has 0 aliphatic heterocycles. The highest BCUT2D eigenvalue weighted by molar-refractivity contribution is 6.20. The van der Waals surface area contributed by atoms with Crippen LogP contribution in [0.15, 0.2) is 30.3 Å². The Morgan fingerprint density at radius 1 is 1.20 bits per heavy atom. The Labute approximate surface area is 97.4 Å². The normalized spacial score (nSPS) is 17.1. The van der Waals surface area contributed by atoms with Crippen LogP contribution in [-0.4, -0.2) is 13.2 Å². The van der Waals surface area contributed by atoms with Gasteiger partial charge in [0, 0.05) is 7.11 Å². The molecule has 0 N–H and O–H groups in total. The van der Waals surface area contributed by atoms with E-state index in [1.807, 2.05) is 18.2 Å². The lowest BCUT2D eigenvalue weighted by Crippen LogP contribution is -2.14. The molecule has 0 aliphatic rings. The van der Waals surface area contributed by atoms with Gasteiger partial charge in [-0.15, -0.1) is 11.6 Å². The van der Waals surface area contributed by atoms with Crippen LogP contribution in [0.4, 0.5) is 0 Å². The Bertz CT molecular complexity index is 273. The molecule has 2 heteroatoms. The zero-order valence-electron chi connectivity index (χ0n) is 9.61. The van der Waals surface area contributed by atoms with Crippen LogP contribution in [0.25, 0.3) is 0 Å². The van der Waals surface area contributed by atoms with Crippen LogP contribution >= 0.6 is 11.6 Å². The zero-order chi connectivity index (χ0) is 11.3. The summed E-state index contributed by atoms with van der Waals surface area (Å²) in [4.78, 5) is 0. The van der Waals surface area contributed by atoms with E-state index in [0.29, 0.717) is 5.92 Å². The van der Waals surface area contributed by atoms with Gasteiger partial charge in [0.15, 0.2) is 0 Å². The molecule has 1 aromatic carbocycles. The summed E-state index contributed by atoms with van der Waals surface area (Å²) in [5, 5.41) is 0.0730. The largest absolute Gasteiger partial charge is 0.382 e. The van der Waals surface area contributed by atoms with Gasteiger partial charge in [0.2, 0.25) is 0 Å². The molecule has 0 saturated heterocycles. The standard InChI is InChI=1S/C13H19ClO/c1-10(9-11(2)15-3)13(14)12-7-5-4-6-8-12/h4-8,10-11,13H,9H2,1-3H3. The second kappa shape index (κ2) is 6.14. The second-order valence-electron chi connectivity index (χ2n) is 4.07. The van der Waals surface area contributed by atoms with Crippen LogP contribution in [0.1, 0.15) is 31.2 Å². The van der Waals surface area contributed by atoms with Gasteiger partial charge in [-0.1, -0.05) is 37.3 Å². The predicted octanol–water partition coefficient (Wildman–Crippen LogP) is 4.03. The lowest BCUT2D eigenvalue weighted by molar-refractivity contribution is 0.0967. The quantitative estimate of drug-likeness (QED) is 0.689. The minimum Gasteiger partial charge on any atom is -0.382 e. The molecule has 15 heavy (non-hydrogen) atoms. The first kappa shape index (κ1) is 12.5. The highest BCUT2D eigenvalue weighted by atomic mass is 35.5. The van der Waals surface area contributed by atoms with Crippen molar-refractivity contribution in [1.29, 1.82) is 0 Å². The summed E-state index contributed by atoms with van der Waals surface area (Å²) in [7, 11) is 1.74. The number of rotatable bonds is 5. The summed E-state index contributed by atoms with van der Waals surface area (Å²) in [5.74, 6) is 0.420. The lowest BCUT2D eigenvalue weighted by Gasteiger charge is -2.21. The lowest BCUT2D eigenvalue weighted by atomic mass is 9.95. The number of alkyl halides is 1. The molecule has 0 heterocycles. The maximum absolute atomic E-state index is 6.40. The molecule has 3 atom stereocenters. The molecule has 0 radical (unpaired) electrons. The van der Waals surface area contributed by atoms with Crippen LogP contribution in [0.5, 0.6) is 0 Å². The van der Waals surface area contributed by atoms with E-state index < -0.39 is 0 Å². The number of ether oxygens (including phenoxy) is 1. The Hall–Kier alpha value is -0.530. The topological polar surface area (TPSA) is 9.23 Å². The molecule has 0 aromatic heterocycles. The van der Waals surface area contributed by atoms with Crippen LogP contribution in [0.2, 0.25) is 0 Å². The summed E-state index contributed by atoms with van der Waals surface area (Å²) >= 11 is 6.40. The van der Waals surface area contributed by atoms with Gasteiger partial charge in [0.05, 0.1) is 11.5 Å². The first-order valence-corrected chi connectivity index (χ1v) is 5.80.